The molecule has 146 valence electrons. The van der Waals surface area contributed by atoms with Crippen LogP contribution in [0.4, 0.5) is 0 Å². The quantitative estimate of drug-likeness (QED) is 0.367. The lowest BCUT2D eigenvalue weighted by atomic mass is 10.1. The van der Waals surface area contributed by atoms with Gasteiger partial charge in [0.25, 0.3) is 5.91 Å². The molecule has 0 aromatic heterocycles. The Bertz CT molecular complexity index is 752. The highest BCUT2D eigenvalue weighted by molar-refractivity contribution is 8.26. The molecule has 1 saturated heterocycles. The summed E-state index contributed by atoms with van der Waals surface area (Å²) in [4.78, 5) is 26.1. The molecule has 0 bridgehead atoms. The minimum Gasteiger partial charge on any atom is -0.493 e. The van der Waals surface area contributed by atoms with Crippen LogP contribution in [0.15, 0.2) is 17.0 Å². The van der Waals surface area contributed by atoms with Gasteiger partial charge in [-0.25, -0.2) is 0 Å². The Balaban J connectivity index is 2.26. The predicted molar refractivity (Wildman–Crippen MR) is 107 cm³/mol. The van der Waals surface area contributed by atoms with Crippen molar-refractivity contribution in [2.45, 2.75) is 13.3 Å². The molecule has 1 aliphatic heterocycles. The maximum Gasteiger partial charge on any atom is 0.326 e. The molecule has 0 atom stereocenters. The summed E-state index contributed by atoms with van der Waals surface area (Å²) < 4.78 is 21.3. The summed E-state index contributed by atoms with van der Waals surface area (Å²) in [5, 5.41) is 0. The van der Waals surface area contributed by atoms with Crippen LogP contribution in [0.3, 0.4) is 0 Å². The Morgan fingerprint density at radius 1 is 1.19 bits per heavy atom. The molecular weight excluding hydrogens is 390 g/mol. The number of hydrogen-bond acceptors (Lipinski definition) is 8. The fourth-order valence-electron chi connectivity index (χ4n) is 2.36. The van der Waals surface area contributed by atoms with E-state index in [1.54, 1.807) is 18.2 Å². The first-order valence-electron chi connectivity index (χ1n) is 8.16. The first kappa shape index (κ1) is 21.0. The van der Waals surface area contributed by atoms with E-state index < -0.39 is 5.97 Å². The summed E-state index contributed by atoms with van der Waals surface area (Å²) in [6.07, 6.45) is 2.38. The van der Waals surface area contributed by atoms with Crippen molar-refractivity contribution in [3.05, 3.63) is 22.6 Å². The van der Waals surface area contributed by atoms with E-state index in [9.17, 15) is 9.59 Å². The van der Waals surface area contributed by atoms with Crippen molar-refractivity contribution < 1.29 is 28.5 Å². The maximum atomic E-state index is 12.6. The van der Waals surface area contributed by atoms with Gasteiger partial charge in [0.2, 0.25) is 5.75 Å². The highest BCUT2D eigenvalue weighted by atomic mass is 32.2. The molecule has 1 aliphatic rings. The van der Waals surface area contributed by atoms with Gasteiger partial charge in [-0.1, -0.05) is 30.9 Å². The van der Waals surface area contributed by atoms with Gasteiger partial charge in [-0.2, -0.15) is 0 Å². The molecule has 1 aromatic rings. The van der Waals surface area contributed by atoms with E-state index in [-0.39, 0.29) is 12.5 Å². The number of carbonyl (C=O) groups is 2. The molecule has 0 N–H and O–H groups in total. The molecule has 0 spiro atoms. The predicted octanol–water partition coefficient (Wildman–Crippen LogP) is 2.87. The number of ether oxygens (including phenoxy) is 4. The summed E-state index contributed by atoms with van der Waals surface area (Å²) in [6, 6.07) is 3.45. The second-order valence-electron chi connectivity index (χ2n) is 5.45. The third-order valence-corrected chi connectivity index (χ3v) is 4.99. The van der Waals surface area contributed by atoms with Gasteiger partial charge in [0.05, 0.1) is 32.8 Å². The smallest absolute Gasteiger partial charge is 0.326 e. The first-order chi connectivity index (χ1) is 12.9. The zero-order chi connectivity index (χ0) is 20.0. The maximum absolute atomic E-state index is 12.6. The van der Waals surface area contributed by atoms with Crippen LogP contribution in [-0.4, -0.2) is 55.6 Å². The average molecular weight is 412 g/mol. The third-order valence-electron chi connectivity index (χ3n) is 3.61. The molecule has 0 unspecified atom stereocenters. The fourth-order valence-corrected chi connectivity index (χ4v) is 3.62. The van der Waals surface area contributed by atoms with Crippen LogP contribution in [0.25, 0.3) is 6.08 Å². The SMILES string of the molecule is CCCOC(=O)CN1C(=O)C(=Cc2cc(OC)c(OC)c(OC)c2)SC1=S. The monoisotopic (exact) mass is 411 g/mol. The molecule has 1 aromatic carbocycles. The van der Waals surface area contributed by atoms with Crippen LogP contribution in [0.2, 0.25) is 0 Å². The van der Waals surface area contributed by atoms with Gasteiger partial charge in [0.15, 0.2) is 11.5 Å². The summed E-state index contributed by atoms with van der Waals surface area (Å²) in [5.41, 5.74) is 0.679. The lowest BCUT2D eigenvalue weighted by Crippen LogP contribution is -2.34. The molecule has 1 amide bonds. The van der Waals surface area contributed by atoms with Crippen molar-refractivity contribution in [3.63, 3.8) is 0 Å². The fraction of sp³-hybridized carbons (Fsp3) is 0.389. The number of carbonyl (C=O) groups excluding carboxylic acids is 2. The van der Waals surface area contributed by atoms with Gasteiger partial charge in [-0.15, -0.1) is 0 Å². The second kappa shape index (κ2) is 9.61. The number of esters is 1. The highest BCUT2D eigenvalue weighted by Gasteiger charge is 2.33. The van der Waals surface area contributed by atoms with E-state index in [0.717, 1.165) is 11.8 Å². The highest BCUT2D eigenvalue weighted by Crippen LogP contribution is 2.40. The Morgan fingerprint density at radius 2 is 1.81 bits per heavy atom. The standard InChI is InChI=1S/C18H21NO6S2/c1-5-6-25-15(20)10-19-17(21)14(27-18(19)26)9-11-7-12(22-2)16(24-4)13(8-11)23-3/h7-9H,5-6,10H2,1-4H3. The van der Waals surface area contributed by atoms with Crippen molar-refractivity contribution in [1.29, 1.82) is 0 Å². The Hall–Kier alpha value is -2.26. The number of thiocarbonyl (C=S) groups is 1. The van der Waals surface area contributed by atoms with Crippen LogP contribution in [0.1, 0.15) is 18.9 Å². The molecule has 2 rings (SSSR count). The zero-order valence-corrected chi connectivity index (χ0v) is 17.2. The van der Waals surface area contributed by atoms with Crippen molar-refractivity contribution in [2.24, 2.45) is 0 Å². The minimum atomic E-state index is -0.484. The first-order valence-corrected chi connectivity index (χ1v) is 9.38. The molecule has 0 radical (unpaired) electrons. The molecule has 1 heterocycles. The number of methoxy groups -OCH3 is 3. The van der Waals surface area contributed by atoms with Crippen molar-refractivity contribution in [3.8, 4) is 17.2 Å². The topological polar surface area (TPSA) is 74.3 Å². The van der Waals surface area contributed by atoms with Crippen LogP contribution < -0.4 is 14.2 Å². The minimum absolute atomic E-state index is 0.197. The van der Waals surface area contributed by atoms with Crippen LogP contribution in [-0.2, 0) is 14.3 Å². The second-order valence-corrected chi connectivity index (χ2v) is 7.12. The van der Waals surface area contributed by atoms with Gasteiger partial charge in [-0.05, 0) is 30.2 Å². The largest absolute Gasteiger partial charge is 0.493 e. The van der Waals surface area contributed by atoms with Gasteiger partial charge >= 0.3 is 5.97 Å². The van der Waals surface area contributed by atoms with E-state index >= 15 is 0 Å². The van der Waals surface area contributed by atoms with E-state index in [1.807, 2.05) is 6.92 Å². The lowest BCUT2D eigenvalue weighted by molar-refractivity contribution is -0.146. The third kappa shape index (κ3) is 4.92. The molecular formula is C18H21NO6S2. The molecule has 7 nitrogen and oxygen atoms in total. The van der Waals surface area contributed by atoms with Crippen LogP contribution >= 0.6 is 24.0 Å². The van der Waals surface area contributed by atoms with E-state index in [4.69, 9.17) is 31.2 Å². The molecule has 9 heteroatoms. The Morgan fingerprint density at radius 3 is 2.33 bits per heavy atom. The number of hydrogen-bond donors (Lipinski definition) is 0. The summed E-state index contributed by atoms with van der Waals surface area (Å²) >= 11 is 6.36. The lowest BCUT2D eigenvalue weighted by Gasteiger charge is -2.13. The summed E-state index contributed by atoms with van der Waals surface area (Å²) in [6.45, 7) is 2.01. The van der Waals surface area contributed by atoms with E-state index in [1.165, 1.54) is 26.2 Å². The Kier molecular flexibility index (Phi) is 7.49. The number of amides is 1. The summed E-state index contributed by atoms with van der Waals surface area (Å²) in [7, 11) is 4.55. The van der Waals surface area contributed by atoms with Crippen LogP contribution in [0.5, 0.6) is 17.2 Å². The van der Waals surface area contributed by atoms with E-state index in [2.05, 4.69) is 0 Å². The van der Waals surface area contributed by atoms with Gasteiger partial charge < -0.3 is 18.9 Å². The van der Waals surface area contributed by atoms with Gasteiger partial charge in [0.1, 0.15) is 10.9 Å². The molecule has 0 aliphatic carbocycles. The molecule has 27 heavy (non-hydrogen) atoms. The van der Waals surface area contributed by atoms with Crippen molar-refractivity contribution in [1.82, 2.24) is 4.90 Å². The van der Waals surface area contributed by atoms with E-state index in [0.29, 0.717) is 45.1 Å². The van der Waals surface area contributed by atoms with Crippen molar-refractivity contribution >= 4 is 46.3 Å². The number of rotatable bonds is 8. The summed E-state index contributed by atoms with van der Waals surface area (Å²) in [5.74, 6) is 0.584. The number of thioether (sulfide) groups is 1. The van der Waals surface area contributed by atoms with Crippen LogP contribution in [0, 0.1) is 0 Å². The molecule has 1 fully saturated rings. The number of nitrogens with zero attached hydrogens (tertiary/aromatic N) is 1. The zero-order valence-electron chi connectivity index (χ0n) is 15.6. The average Bonchev–Trinajstić information content (AvgIpc) is 2.92. The number of benzene rings is 1. The normalized spacial score (nSPS) is 15.3. The van der Waals surface area contributed by atoms with Crippen molar-refractivity contribution in [2.75, 3.05) is 34.5 Å². The Labute approximate surface area is 167 Å². The van der Waals surface area contributed by atoms with Gasteiger partial charge in [0, 0.05) is 0 Å². The van der Waals surface area contributed by atoms with Gasteiger partial charge in [-0.3, -0.25) is 14.5 Å². The molecule has 0 saturated carbocycles.